The number of thioether (sulfide) groups is 1. The molecule has 2 heterocycles. The van der Waals surface area contributed by atoms with Crippen molar-refractivity contribution in [3.8, 4) is 17.2 Å². The van der Waals surface area contributed by atoms with Crippen LogP contribution in [0.15, 0.2) is 57.9 Å². The number of para-hydroxylation sites is 2. The summed E-state index contributed by atoms with van der Waals surface area (Å²) in [7, 11) is 2.89. The topological polar surface area (TPSA) is 86.7 Å². The average Bonchev–Trinajstić information content (AvgIpc) is 3.18. The number of ether oxygens (including phenoxy) is 4. The number of aliphatic imine (C=N–C) groups is 1. The van der Waals surface area contributed by atoms with Crippen molar-refractivity contribution in [2.45, 2.75) is 39.3 Å². The molecule has 2 aromatic carbocycles. The van der Waals surface area contributed by atoms with Gasteiger partial charge in [0.15, 0.2) is 17.0 Å². The molecule has 0 aromatic heterocycles. The minimum atomic E-state index is -0.588. The van der Waals surface area contributed by atoms with Crippen molar-refractivity contribution in [3.05, 3.63) is 64.1 Å². The van der Waals surface area contributed by atoms with Gasteiger partial charge in [0.2, 0.25) is 0 Å². The fraction of sp³-hybridized carbons (Fsp3) is 0.321. The molecule has 0 radical (unpaired) electrons. The molecule has 9 heteroatoms. The van der Waals surface area contributed by atoms with Crippen LogP contribution in [0.4, 0.5) is 0 Å². The molecule has 8 nitrogen and oxygen atoms in total. The first-order chi connectivity index (χ1) is 17.8. The predicted octanol–water partition coefficient (Wildman–Crippen LogP) is 5.14. The zero-order chi connectivity index (χ0) is 26.7. The zero-order valence-corrected chi connectivity index (χ0v) is 22.5. The summed E-state index contributed by atoms with van der Waals surface area (Å²) < 4.78 is 22.4. The van der Waals surface area contributed by atoms with Crippen molar-refractivity contribution in [2.24, 2.45) is 4.99 Å². The van der Waals surface area contributed by atoms with Gasteiger partial charge < -0.3 is 18.9 Å². The van der Waals surface area contributed by atoms with Gasteiger partial charge in [-0.25, -0.2) is 4.79 Å². The summed E-state index contributed by atoms with van der Waals surface area (Å²) in [6.07, 6.45) is 1.66. The molecule has 1 fully saturated rings. The molecular formula is C28H30N2O6S. The Kier molecular flexibility index (Phi) is 7.92. The highest BCUT2D eigenvalue weighted by Gasteiger charge is 2.45. The average molecular weight is 523 g/mol. The van der Waals surface area contributed by atoms with Crippen LogP contribution in [0.5, 0.6) is 17.2 Å². The lowest BCUT2D eigenvalue weighted by atomic mass is 9.99. The molecule has 4 rings (SSSR count). The van der Waals surface area contributed by atoms with Crippen molar-refractivity contribution >= 4 is 41.1 Å². The molecule has 1 atom stereocenters. The van der Waals surface area contributed by atoms with E-state index in [4.69, 9.17) is 18.9 Å². The molecule has 1 amide bonds. The first-order valence-electron chi connectivity index (χ1n) is 12.0. The fourth-order valence-electron chi connectivity index (χ4n) is 4.23. The van der Waals surface area contributed by atoms with Gasteiger partial charge >= 0.3 is 5.97 Å². The third-order valence-corrected chi connectivity index (χ3v) is 6.80. The van der Waals surface area contributed by atoms with Crippen LogP contribution in [-0.4, -0.2) is 54.9 Å². The lowest BCUT2D eigenvalue weighted by Crippen LogP contribution is -2.37. The lowest BCUT2D eigenvalue weighted by molar-refractivity contribution is -0.135. The van der Waals surface area contributed by atoms with Gasteiger partial charge in [0, 0.05) is 11.1 Å². The summed E-state index contributed by atoms with van der Waals surface area (Å²) in [4.78, 5) is 33.6. The first kappa shape index (κ1) is 26.3. The van der Waals surface area contributed by atoms with E-state index in [1.807, 2.05) is 63.2 Å². The highest BCUT2D eigenvalue weighted by atomic mass is 32.2. The number of carbonyl (C=O) groups is 2. The highest BCUT2D eigenvalue weighted by Crippen LogP contribution is 2.47. The Bertz CT molecular complexity index is 1310. The third kappa shape index (κ3) is 5.09. The van der Waals surface area contributed by atoms with E-state index in [2.05, 4.69) is 4.99 Å². The van der Waals surface area contributed by atoms with Gasteiger partial charge in [-0.2, -0.15) is 0 Å². The molecular weight excluding hydrogens is 492 g/mol. The Labute approximate surface area is 220 Å². The summed E-state index contributed by atoms with van der Waals surface area (Å²) >= 11 is 1.31. The minimum absolute atomic E-state index is 0.110. The molecule has 2 aromatic rings. The number of hydrogen-bond donors (Lipinski definition) is 0. The second-order valence-corrected chi connectivity index (χ2v) is 9.63. The van der Waals surface area contributed by atoms with Crippen molar-refractivity contribution in [1.82, 2.24) is 4.90 Å². The largest absolute Gasteiger partial charge is 0.493 e. The number of amides is 1. The van der Waals surface area contributed by atoms with E-state index < -0.39 is 11.5 Å². The quantitative estimate of drug-likeness (QED) is 0.350. The summed E-state index contributed by atoms with van der Waals surface area (Å²) in [6.45, 7) is 7.92. The Morgan fingerprint density at radius 2 is 1.86 bits per heavy atom. The van der Waals surface area contributed by atoms with Gasteiger partial charge in [-0.3, -0.25) is 14.7 Å². The lowest BCUT2D eigenvalue weighted by Gasteiger charge is -2.31. The van der Waals surface area contributed by atoms with E-state index in [0.29, 0.717) is 51.3 Å². The summed E-state index contributed by atoms with van der Waals surface area (Å²) in [6, 6.07) is 12.9. The summed E-state index contributed by atoms with van der Waals surface area (Å²) in [5, 5.41) is 0. The van der Waals surface area contributed by atoms with Crippen molar-refractivity contribution in [2.75, 3.05) is 20.8 Å². The van der Waals surface area contributed by atoms with Crippen LogP contribution >= 0.6 is 11.8 Å². The van der Waals surface area contributed by atoms with E-state index in [0.717, 1.165) is 0 Å². The molecule has 0 saturated carbocycles. The number of hydrogen-bond acceptors (Lipinski definition) is 8. The Balaban J connectivity index is 1.87. The van der Waals surface area contributed by atoms with Crippen LogP contribution in [-0.2, 0) is 14.3 Å². The number of nitrogens with zero attached hydrogens (tertiary/aromatic N) is 2. The molecule has 0 N–H and O–H groups in total. The third-order valence-electron chi connectivity index (χ3n) is 5.73. The smallest absolute Gasteiger partial charge is 0.341 e. The van der Waals surface area contributed by atoms with Gasteiger partial charge in [0.1, 0.15) is 11.3 Å². The van der Waals surface area contributed by atoms with Gasteiger partial charge in [0.25, 0.3) is 5.91 Å². The molecule has 2 aliphatic heterocycles. The van der Waals surface area contributed by atoms with Crippen LogP contribution in [0.3, 0.4) is 0 Å². The molecule has 0 bridgehead atoms. The molecule has 194 valence electrons. The number of carbonyl (C=O) groups excluding carboxylic acids is 2. The first-order valence-corrected chi connectivity index (χ1v) is 12.8. The molecule has 0 aliphatic carbocycles. The second kappa shape index (κ2) is 11.1. The minimum Gasteiger partial charge on any atom is -0.493 e. The maximum Gasteiger partial charge on any atom is 0.341 e. The zero-order valence-electron chi connectivity index (χ0n) is 21.7. The van der Waals surface area contributed by atoms with Crippen LogP contribution in [0, 0.1) is 0 Å². The molecule has 1 unspecified atom stereocenters. The van der Waals surface area contributed by atoms with Crippen molar-refractivity contribution in [1.29, 1.82) is 0 Å². The van der Waals surface area contributed by atoms with Crippen LogP contribution < -0.4 is 14.2 Å². The molecule has 1 saturated heterocycles. The standard InChI is InChI=1S/C28H30N2O6S/c1-7-35-25-18(11-10-14-21(25)33-5)15-22-26(31)30-24(19-12-8-9-13-20(19)36-16(2)3)23(27(32)34-6)17(4)29-28(30)37-22/h8-16,28H,7H2,1-6H3/b22-15-. The van der Waals surface area contributed by atoms with Crippen LogP contribution in [0.2, 0.25) is 0 Å². The van der Waals surface area contributed by atoms with Crippen LogP contribution in [0.1, 0.15) is 38.8 Å². The number of rotatable bonds is 8. The number of benzene rings is 2. The fourth-order valence-corrected chi connectivity index (χ4v) is 5.37. The molecule has 2 aliphatic rings. The Morgan fingerprint density at radius 1 is 1.14 bits per heavy atom. The van der Waals surface area contributed by atoms with E-state index in [9.17, 15) is 9.59 Å². The van der Waals surface area contributed by atoms with E-state index in [1.165, 1.54) is 18.9 Å². The maximum atomic E-state index is 13.9. The van der Waals surface area contributed by atoms with Gasteiger partial charge in [-0.1, -0.05) is 36.0 Å². The Hall–Kier alpha value is -3.72. The van der Waals surface area contributed by atoms with E-state index in [1.54, 1.807) is 25.0 Å². The predicted molar refractivity (Wildman–Crippen MR) is 145 cm³/mol. The van der Waals surface area contributed by atoms with Crippen LogP contribution in [0.25, 0.3) is 11.8 Å². The number of methoxy groups -OCH3 is 2. The van der Waals surface area contributed by atoms with Crippen molar-refractivity contribution < 1.29 is 28.5 Å². The van der Waals surface area contributed by atoms with Crippen molar-refractivity contribution in [3.63, 3.8) is 0 Å². The summed E-state index contributed by atoms with van der Waals surface area (Å²) in [5.41, 5.74) is 1.86. The SMILES string of the molecule is CCOc1c(/C=C2\SC3N=C(C)C(C(=O)OC)=C(c4ccccc4OC(C)C)N3C2=O)cccc1OC. The highest BCUT2D eigenvalue weighted by molar-refractivity contribution is 8.05. The van der Waals surface area contributed by atoms with E-state index >= 15 is 0 Å². The number of fused-ring (bicyclic) bond motifs is 1. The monoisotopic (exact) mass is 522 g/mol. The maximum absolute atomic E-state index is 13.9. The van der Waals surface area contributed by atoms with Gasteiger partial charge in [-0.15, -0.1) is 0 Å². The Morgan fingerprint density at radius 3 is 2.54 bits per heavy atom. The molecule has 37 heavy (non-hydrogen) atoms. The van der Waals surface area contributed by atoms with Gasteiger partial charge in [-0.05, 0) is 52.0 Å². The molecule has 0 spiro atoms. The number of esters is 1. The van der Waals surface area contributed by atoms with Gasteiger partial charge in [0.05, 0.1) is 43.2 Å². The second-order valence-electron chi connectivity index (χ2n) is 8.53. The summed E-state index contributed by atoms with van der Waals surface area (Å²) in [5.74, 6) is 0.832. The van der Waals surface area contributed by atoms with E-state index in [-0.39, 0.29) is 17.6 Å². The normalized spacial score (nSPS) is 18.2.